The molecule has 2 heterocycles. The molecule has 0 amide bonds. The predicted molar refractivity (Wildman–Crippen MR) is 81.8 cm³/mol. The molecule has 1 atom stereocenters. The largest absolute Gasteiger partial charge is 0.311 e. The van der Waals surface area contributed by atoms with Crippen molar-refractivity contribution in [3.8, 4) is 0 Å². The van der Waals surface area contributed by atoms with Crippen LogP contribution in [0.2, 0.25) is 0 Å². The number of rotatable bonds is 6. The first-order chi connectivity index (χ1) is 8.61. The highest BCUT2D eigenvalue weighted by molar-refractivity contribution is 7.98. The van der Waals surface area contributed by atoms with Crippen LogP contribution < -0.4 is 5.32 Å². The zero-order chi connectivity index (χ0) is 13.1. The molecule has 0 radical (unpaired) electrons. The van der Waals surface area contributed by atoms with E-state index in [-0.39, 0.29) is 0 Å². The Bertz CT molecular complexity index is 516. The van der Waals surface area contributed by atoms with Crippen molar-refractivity contribution in [3.63, 3.8) is 0 Å². The van der Waals surface area contributed by atoms with E-state index in [4.69, 9.17) is 0 Å². The molecule has 0 aliphatic heterocycles. The lowest BCUT2D eigenvalue weighted by molar-refractivity contribution is 0.553. The molecule has 5 heteroatoms. The summed E-state index contributed by atoms with van der Waals surface area (Å²) in [6, 6.07) is 0. The van der Waals surface area contributed by atoms with Crippen LogP contribution in [0.3, 0.4) is 0 Å². The summed E-state index contributed by atoms with van der Waals surface area (Å²) < 4.78 is 2.22. The van der Waals surface area contributed by atoms with E-state index in [2.05, 4.69) is 47.9 Å². The maximum absolute atomic E-state index is 4.61. The summed E-state index contributed by atoms with van der Waals surface area (Å²) in [6.07, 6.45) is 4.34. The summed E-state index contributed by atoms with van der Waals surface area (Å²) in [5.74, 6) is 1.93. The molecule has 0 saturated heterocycles. The van der Waals surface area contributed by atoms with Crippen molar-refractivity contribution in [1.82, 2.24) is 14.7 Å². The van der Waals surface area contributed by atoms with E-state index in [1.54, 1.807) is 11.3 Å². The first-order valence-corrected chi connectivity index (χ1v) is 8.46. The predicted octanol–water partition coefficient (Wildman–Crippen LogP) is 3.10. The quantitative estimate of drug-likeness (QED) is 0.883. The first-order valence-electron chi connectivity index (χ1n) is 6.25. The van der Waals surface area contributed by atoms with Crippen molar-refractivity contribution in [3.05, 3.63) is 22.5 Å². The Morgan fingerprint density at radius 2 is 2.28 bits per heavy atom. The van der Waals surface area contributed by atoms with Crippen LogP contribution in [0.1, 0.15) is 23.2 Å². The van der Waals surface area contributed by atoms with Crippen molar-refractivity contribution in [2.24, 2.45) is 5.92 Å². The van der Waals surface area contributed by atoms with E-state index in [0.717, 1.165) is 23.7 Å². The van der Waals surface area contributed by atoms with Crippen molar-refractivity contribution in [2.75, 3.05) is 18.6 Å². The van der Waals surface area contributed by atoms with Gasteiger partial charge in [-0.15, -0.1) is 11.3 Å². The fourth-order valence-corrected chi connectivity index (χ4v) is 3.68. The molecule has 1 N–H and O–H groups in total. The number of thiazole rings is 1. The molecule has 0 fully saturated rings. The molecule has 1 unspecified atom stereocenters. The Morgan fingerprint density at radius 1 is 1.50 bits per heavy atom. The zero-order valence-corrected chi connectivity index (χ0v) is 13.1. The Labute approximate surface area is 117 Å². The third kappa shape index (κ3) is 3.08. The van der Waals surface area contributed by atoms with E-state index in [1.165, 1.54) is 16.3 Å². The van der Waals surface area contributed by atoms with E-state index < -0.39 is 0 Å². The number of nitrogens with one attached hydrogen (secondary N) is 1. The zero-order valence-electron chi connectivity index (χ0n) is 11.5. The van der Waals surface area contributed by atoms with E-state index in [1.807, 2.05) is 11.8 Å². The number of fused-ring (bicyclic) bond motifs is 1. The van der Waals surface area contributed by atoms with Gasteiger partial charge in [0.2, 0.25) is 0 Å². The number of hydrogen-bond acceptors (Lipinski definition) is 4. The van der Waals surface area contributed by atoms with Gasteiger partial charge >= 0.3 is 0 Å². The number of thioether (sulfide) groups is 1. The normalized spacial score (nSPS) is 13.3. The first kappa shape index (κ1) is 13.9. The van der Waals surface area contributed by atoms with Gasteiger partial charge in [0.25, 0.3) is 0 Å². The second-order valence-corrected chi connectivity index (χ2v) is 6.95. The average Bonchev–Trinajstić information content (AvgIpc) is 2.77. The SMILES string of the molecule is CSCC(C)CNCc1c(C)nc2sc(C)cn12. The standard InChI is InChI=1S/C13H21N3S2/c1-9(8-17-4)5-14-6-12-11(3)15-13-16(12)7-10(2)18-13/h7,9,14H,5-6,8H2,1-4H3. The fraction of sp³-hybridized carbons (Fsp3) is 0.615. The summed E-state index contributed by atoms with van der Waals surface area (Å²) in [5.41, 5.74) is 2.44. The summed E-state index contributed by atoms with van der Waals surface area (Å²) in [7, 11) is 0. The van der Waals surface area contributed by atoms with Gasteiger partial charge in [0, 0.05) is 17.6 Å². The van der Waals surface area contributed by atoms with E-state index in [9.17, 15) is 0 Å². The van der Waals surface area contributed by atoms with Crippen LogP contribution in [0.25, 0.3) is 4.96 Å². The number of aryl methyl sites for hydroxylation is 2. The Kier molecular flexibility index (Phi) is 4.70. The summed E-state index contributed by atoms with van der Waals surface area (Å²) in [6.45, 7) is 8.49. The van der Waals surface area contributed by atoms with Crippen molar-refractivity contribution in [1.29, 1.82) is 0 Å². The average molecular weight is 283 g/mol. The van der Waals surface area contributed by atoms with Crippen LogP contribution in [0.4, 0.5) is 0 Å². The topological polar surface area (TPSA) is 29.3 Å². The lowest BCUT2D eigenvalue weighted by Crippen LogP contribution is -2.23. The van der Waals surface area contributed by atoms with Gasteiger partial charge < -0.3 is 5.32 Å². The molecule has 3 nitrogen and oxygen atoms in total. The van der Waals surface area contributed by atoms with Crippen LogP contribution in [0.5, 0.6) is 0 Å². The van der Waals surface area contributed by atoms with Gasteiger partial charge in [-0.1, -0.05) is 6.92 Å². The fourth-order valence-electron chi connectivity index (χ4n) is 2.10. The maximum Gasteiger partial charge on any atom is 0.194 e. The molecule has 2 aromatic rings. The molecule has 0 spiro atoms. The molecule has 18 heavy (non-hydrogen) atoms. The Balaban J connectivity index is 2.00. The smallest absolute Gasteiger partial charge is 0.194 e. The van der Waals surface area contributed by atoms with Gasteiger partial charge in [-0.25, -0.2) is 4.98 Å². The second-order valence-electron chi connectivity index (χ2n) is 4.83. The molecular formula is C13H21N3S2. The van der Waals surface area contributed by atoms with Crippen LogP contribution >= 0.6 is 23.1 Å². The molecule has 0 bridgehead atoms. The minimum Gasteiger partial charge on any atom is -0.311 e. The molecule has 0 aliphatic rings. The number of hydrogen-bond donors (Lipinski definition) is 1. The van der Waals surface area contributed by atoms with Crippen molar-refractivity contribution < 1.29 is 0 Å². The molecule has 2 aromatic heterocycles. The molecule has 2 rings (SSSR count). The lowest BCUT2D eigenvalue weighted by atomic mass is 10.2. The van der Waals surface area contributed by atoms with Crippen molar-refractivity contribution >= 4 is 28.1 Å². The highest BCUT2D eigenvalue weighted by Crippen LogP contribution is 2.20. The minimum absolute atomic E-state index is 0.716. The lowest BCUT2D eigenvalue weighted by Gasteiger charge is -2.11. The van der Waals surface area contributed by atoms with Gasteiger partial charge in [0.05, 0.1) is 11.4 Å². The van der Waals surface area contributed by atoms with Gasteiger partial charge in [0.1, 0.15) is 0 Å². The van der Waals surface area contributed by atoms with Crippen LogP contribution in [0.15, 0.2) is 6.20 Å². The molecular weight excluding hydrogens is 262 g/mol. The molecule has 0 aromatic carbocycles. The third-order valence-corrected chi connectivity index (χ3v) is 4.78. The van der Waals surface area contributed by atoms with Crippen molar-refractivity contribution in [2.45, 2.75) is 27.3 Å². The minimum atomic E-state index is 0.716. The van der Waals surface area contributed by atoms with Gasteiger partial charge in [-0.05, 0) is 38.3 Å². The van der Waals surface area contributed by atoms with Crippen LogP contribution in [-0.4, -0.2) is 27.9 Å². The molecule has 100 valence electrons. The Hall–Kier alpha value is -0.520. The summed E-state index contributed by atoms with van der Waals surface area (Å²) in [5, 5.41) is 3.55. The monoisotopic (exact) mass is 283 g/mol. The van der Waals surface area contributed by atoms with Gasteiger partial charge in [-0.3, -0.25) is 4.40 Å². The highest BCUT2D eigenvalue weighted by Gasteiger charge is 2.10. The maximum atomic E-state index is 4.61. The molecule has 0 aliphatic carbocycles. The van der Waals surface area contributed by atoms with E-state index in [0.29, 0.717) is 5.92 Å². The van der Waals surface area contributed by atoms with Gasteiger partial charge in [0.15, 0.2) is 4.96 Å². The second kappa shape index (κ2) is 6.08. The van der Waals surface area contributed by atoms with Crippen LogP contribution in [-0.2, 0) is 6.54 Å². The van der Waals surface area contributed by atoms with Crippen LogP contribution in [0, 0.1) is 19.8 Å². The van der Waals surface area contributed by atoms with Gasteiger partial charge in [-0.2, -0.15) is 11.8 Å². The third-order valence-electron chi connectivity index (χ3n) is 2.98. The summed E-state index contributed by atoms with van der Waals surface area (Å²) in [4.78, 5) is 7.03. The highest BCUT2D eigenvalue weighted by atomic mass is 32.2. The number of imidazole rings is 1. The van der Waals surface area contributed by atoms with E-state index >= 15 is 0 Å². The number of nitrogens with zero attached hydrogens (tertiary/aromatic N) is 2. The Morgan fingerprint density at radius 3 is 3.00 bits per heavy atom. The number of aromatic nitrogens is 2. The molecule has 0 saturated carbocycles. The summed E-state index contributed by atoms with van der Waals surface area (Å²) >= 11 is 3.67.